The van der Waals surface area contributed by atoms with Gasteiger partial charge >= 0.3 is 0 Å². The first-order valence-electron chi connectivity index (χ1n) is 4.29. The first-order chi connectivity index (χ1) is 6.68. The van der Waals surface area contributed by atoms with Crippen LogP contribution < -0.4 is 0 Å². The van der Waals surface area contributed by atoms with Gasteiger partial charge in [0.1, 0.15) is 6.10 Å². The molecule has 0 aromatic carbocycles. The van der Waals surface area contributed by atoms with Gasteiger partial charge in [0, 0.05) is 11.8 Å². The van der Waals surface area contributed by atoms with Gasteiger partial charge in [-0.05, 0) is 13.8 Å². The molecule has 0 aliphatic carbocycles. The standard InChI is InChI=1S/C9H11N3OS/c1-5-9(14-6(2)12-5)8(13)7-3-10-11-4-7/h3-4,8,13H,1-2H3,(H,10,11). The molecule has 0 spiro atoms. The second-order valence-electron chi connectivity index (χ2n) is 3.12. The highest BCUT2D eigenvalue weighted by Gasteiger charge is 2.17. The van der Waals surface area contributed by atoms with Gasteiger partial charge in [-0.15, -0.1) is 11.3 Å². The summed E-state index contributed by atoms with van der Waals surface area (Å²) in [5, 5.41) is 17.4. The lowest BCUT2D eigenvalue weighted by atomic mass is 10.1. The van der Waals surface area contributed by atoms with Crippen LogP contribution in [0.15, 0.2) is 12.4 Å². The number of rotatable bonds is 2. The fraction of sp³-hybridized carbons (Fsp3) is 0.333. The van der Waals surface area contributed by atoms with Gasteiger partial charge in [0.15, 0.2) is 0 Å². The fourth-order valence-corrected chi connectivity index (χ4v) is 2.30. The first kappa shape index (κ1) is 9.36. The number of aromatic nitrogens is 3. The van der Waals surface area contributed by atoms with Crippen LogP contribution in [0.2, 0.25) is 0 Å². The lowest BCUT2D eigenvalue weighted by Gasteiger charge is -2.05. The monoisotopic (exact) mass is 209 g/mol. The summed E-state index contributed by atoms with van der Waals surface area (Å²) in [4.78, 5) is 5.16. The van der Waals surface area contributed by atoms with Gasteiger partial charge in [-0.1, -0.05) is 0 Å². The molecule has 0 amide bonds. The summed E-state index contributed by atoms with van der Waals surface area (Å²) < 4.78 is 0. The van der Waals surface area contributed by atoms with Crippen molar-refractivity contribution < 1.29 is 5.11 Å². The number of thiazole rings is 1. The molecule has 2 heterocycles. The number of aliphatic hydroxyl groups excluding tert-OH is 1. The summed E-state index contributed by atoms with van der Waals surface area (Å²) in [5.74, 6) is 0. The number of aryl methyl sites for hydroxylation is 2. The Morgan fingerprint density at radius 2 is 2.29 bits per heavy atom. The van der Waals surface area contributed by atoms with Crippen molar-refractivity contribution in [3.63, 3.8) is 0 Å². The van der Waals surface area contributed by atoms with Crippen molar-refractivity contribution in [2.45, 2.75) is 20.0 Å². The van der Waals surface area contributed by atoms with Crippen LogP contribution in [0.3, 0.4) is 0 Å². The van der Waals surface area contributed by atoms with Crippen molar-refractivity contribution in [3.05, 3.63) is 33.5 Å². The molecule has 0 saturated carbocycles. The van der Waals surface area contributed by atoms with Crippen molar-refractivity contribution in [1.82, 2.24) is 15.2 Å². The number of hydrogen-bond acceptors (Lipinski definition) is 4. The first-order valence-corrected chi connectivity index (χ1v) is 5.11. The third kappa shape index (κ3) is 1.56. The van der Waals surface area contributed by atoms with E-state index in [2.05, 4.69) is 15.2 Å². The van der Waals surface area contributed by atoms with Crippen LogP contribution in [-0.2, 0) is 0 Å². The average Bonchev–Trinajstić information content (AvgIpc) is 2.73. The molecule has 2 N–H and O–H groups in total. The number of hydrogen-bond donors (Lipinski definition) is 2. The minimum absolute atomic E-state index is 0.611. The van der Waals surface area contributed by atoms with E-state index in [1.54, 1.807) is 12.4 Å². The third-order valence-corrected chi connectivity index (χ3v) is 3.15. The Labute approximate surface area is 85.6 Å². The molecule has 5 heteroatoms. The normalized spacial score (nSPS) is 13.1. The molecule has 2 aromatic heterocycles. The molecule has 14 heavy (non-hydrogen) atoms. The molecule has 0 aliphatic rings. The zero-order chi connectivity index (χ0) is 10.1. The number of aliphatic hydroxyl groups is 1. The molecule has 1 unspecified atom stereocenters. The maximum absolute atomic E-state index is 9.99. The Hall–Kier alpha value is -1.20. The summed E-state index contributed by atoms with van der Waals surface area (Å²) in [5.41, 5.74) is 1.66. The molecule has 74 valence electrons. The minimum Gasteiger partial charge on any atom is -0.383 e. The van der Waals surface area contributed by atoms with Crippen molar-refractivity contribution in [2.24, 2.45) is 0 Å². The van der Waals surface area contributed by atoms with Crippen molar-refractivity contribution in [1.29, 1.82) is 0 Å². The van der Waals surface area contributed by atoms with E-state index in [1.807, 2.05) is 13.8 Å². The lowest BCUT2D eigenvalue weighted by molar-refractivity contribution is 0.223. The zero-order valence-electron chi connectivity index (χ0n) is 7.98. The number of H-pyrrole nitrogens is 1. The van der Waals surface area contributed by atoms with Gasteiger partial charge in [-0.25, -0.2) is 4.98 Å². The largest absolute Gasteiger partial charge is 0.383 e. The average molecular weight is 209 g/mol. The van der Waals surface area contributed by atoms with Crippen molar-refractivity contribution in [2.75, 3.05) is 0 Å². The third-order valence-electron chi connectivity index (χ3n) is 2.02. The zero-order valence-corrected chi connectivity index (χ0v) is 8.80. The highest BCUT2D eigenvalue weighted by atomic mass is 32.1. The van der Waals surface area contributed by atoms with Crippen LogP contribution in [0, 0.1) is 13.8 Å². The maximum Gasteiger partial charge on any atom is 0.118 e. The van der Waals surface area contributed by atoms with Crippen LogP contribution in [0.25, 0.3) is 0 Å². The fourth-order valence-electron chi connectivity index (χ4n) is 1.36. The second-order valence-corrected chi connectivity index (χ2v) is 4.35. The lowest BCUT2D eigenvalue weighted by Crippen LogP contribution is -1.97. The van der Waals surface area contributed by atoms with Gasteiger partial charge in [0.05, 0.1) is 21.8 Å². The van der Waals surface area contributed by atoms with E-state index < -0.39 is 6.10 Å². The van der Waals surface area contributed by atoms with E-state index in [0.717, 1.165) is 21.1 Å². The van der Waals surface area contributed by atoms with Gasteiger partial charge in [0.2, 0.25) is 0 Å². The number of nitrogens with zero attached hydrogens (tertiary/aromatic N) is 2. The van der Waals surface area contributed by atoms with E-state index in [0.29, 0.717) is 0 Å². The van der Waals surface area contributed by atoms with Crippen LogP contribution >= 0.6 is 11.3 Å². The summed E-state index contributed by atoms with van der Waals surface area (Å²) in [6, 6.07) is 0. The highest BCUT2D eigenvalue weighted by Crippen LogP contribution is 2.28. The Morgan fingerprint density at radius 3 is 2.79 bits per heavy atom. The smallest absolute Gasteiger partial charge is 0.118 e. The van der Waals surface area contributed by atoms with Crippen LogP contribution in [0.5, 0.6) is 0 Å². The van der Waals surface area contributed by atoms with Crippen molar-refractivity contribution >= 4 is 11.3 Å². The van der Waals surface area contributed by atoms with Crippen LogP contribution in [0.4, 0.5) is 0 Å². The Kier molecular flexibility index (Phi) is 2.35. The summed E-state index contributed by atoms with van der Waals surface area (Å²) in [6.45, 7) is 3.84. The van der Waals surface area contributed by atoms with Gasteiger partial charge in [-0.2, -0.15) is 5.10 Å². The minimum atomic E-state index is -0.611. The maximum atomic E-state index is 9.99. The molecule has 0 bridgehead atoms. The van der Waals surface area contributed by atoms with E-state index in [9.17, 15) is 5.11 Å². The molecule has 0 aliphatic heterocycles. The van der Waals surface area contributed by atoms with Crippen LogP contribution in [0.1, 0.15) is 27.2 Å². The van der Waals surface area contributed by atoms with E-state index in [4.69, 9.17) is 0 Å². The van der Waals surface area contributed by atoms with Crippen LogP contribution in [-0.4, -0.2) is 20.3 Å². The summed E-state index contributed by atoms with van der Waals surface area (Å²) in [6.07, 6.45) is 2.71. The molecular weight excluding hydrogens is 198 g/mol. The molecule has 0 radical (unpaired) electrons. The topological polar surface area (TPSA) is 61.8 Å². The van der Waals surface area contributed by atoms with Gasteiger partial charge < -0.3 is 5.11 Å². The Balaban J connectivity index is 2.36. The highest BCUT2D eigenvalue weighted by molar-refractivity contribution is 7.11. The Bertz CT molecular complexity index is 421. The van der Waals surface area contributed by atoms with Crippen molar-refractivity contribution in [3.8, 4) is 0 Å². The molecule has 4 nitrogen and oxygen atoms in total. The van der Waals surface area contributed by atoms with E-state index in [-0.39, 0.29) is 0 Å². The Morgan fingerprint density at radius 1 is 1.50 bits per heavy atom. The second kappa shape index (κ2) is 3.51. The summed E-state index contributed by atoms with van der Waals surface area (Å²) in [7, 11) is 0. The molecule has 2 rings (SSSR count). The predicted molar refractivity (Wildman–Crippen MR) is 54.2 cm³/mol. The SMILES string of the molecule is Cc1nc(C)c(C(O)c2cn[nH]c2)s1. The molecular formula is C9H11N3OS. The number of nitrogens with one attached hydrogen (secondary N) is 1. The number of aromatic amines is 1. The molecule has 2 aromatic rings. The molecule has 0 fully saturated rings. The quantitative estimate of drug-likeness (QED) is 0.789. The molecule has 1 atom stereocenters. The van der Waals surface area contributed by atoms with E-state index >= 15 is 0 Å². The molecule has 0 saturated heterocycles. The van der Waals surface area contributed by atoms with Gasteiger partial charge in [-0.3, -0.25) is 5.10 Å². The predicted octanol–water partition coefficient (Wildman–Crippen LogP) is 1.56. The van der Waals surface area contributed by atoms with Gasteiger partial charge in [0.25, 0.3) is 0 Å². The summed E-state index contributed by atoms with van der Waals surface area (Å²) >= 11 is 1.52. The van der Waals surface area contributed by atoms with E-state index in [1.165, 1.54) is 11.3 Å².